The number of nitrogens with one attached hydrogen (secondary N) is 1. The summed E-state index contributed by atoms with van der Waals surface area (Å²) >= 11 is 2.12. The Balaban J connectivity index is 1.98. The smallest absolute Gasteiger partial charge is 0.0476 e. The Bertz CT molecular complexity index is 386. The summed E-state index contributed by atoms with van der Waals surface area (Å²) in [6.07, 6.45) is 3.50. The van der Waals surface area contributed by atoms with Gasteiger partial charge in [-0.2, -0.15) is 11.8 Å². The van der Waals surface area contributed by atoms with Crippen molar-refractivity contribution >= 4 is 11.8 Å². The zero-order chi connectivity index (χ0) is 14.4. The third-order valence-electron chi connectivity index (χ3n) is 4.10. The van der Waals surface area contributed by atoms with E-state index in [1.54, 1.807) is 0 Å². The van der Waals surface area contributed by atoms with Gasteiger partial charge in [-0.05, 0) is 37.4 Å². The van der Waals surface area contributed by atoms with Crippen LogP contribution in [0.3, 0.4) is 0 Å². The van der Waals surface area contributed by atoms with Crippen molar-refractivity contribution in [3.05, 3.63) is 35.4 Å². The van der Waals surface area contributed by atoms with Crippen molar-refractivity contribution in [3.8, 4) is 0 Å². The number of ether oxygens (including phenoxy) is 1. The second-order valence-electron chi connectivity index (χ2n) is 5.51. The third kappa shape index (κ3) is 4.24. The first kappa shape index (κ1) is 15.9. The van der Waals surface area contributed by atoms with E-state index in [9.17, 15) is 0 Å². The number of hydrogen-bond acceptors (Lipinski definition) is 3. The van der Waals surface area contributed by atoms with Crippen LogP contribution in [-0.2, 0) is 11.2 Å². The van der Waals surface area contributed by atoms with Gasteiger partial charge in [-0.3, -0.25) is 0 Å². The first-order valence-electron chi connectivity index (χ1n) is 7.74. The van der Waals surface area contributed by atoms with E-state index in [-0.39, 0.29) is 0 Å². The van der Waals surface area contributed by atoms with Gasteiger partial charge >= 0.3 is 0 Å². The molecule has 20 heavy (non-hydrogen) atoms. The van der Waals surface area contributed by atoms with Gasteiger partial charge in [0.05, 0.1) is 0 Å². The highest BCUT2D eigenvalue weighted by Gasteiger charge is 2.23. The lowest BCUT2D eigenvalue weighted by molar-refractivity contribution is 0.0999. The zero-order valence-corrected chi connectivity index (χ0v) is 13.7. The van der Waals surface area contributed by atoms with Crippen LogP contribution in [0.2, 0.25) is 0 Å². The first-order chi connectivity index (χ1) is 9.74. The Kier molecular flexibility index (Phi) is 6.40. The maximum atomic E-state index is 5.45. The van der Waals surface area contributed by atoms with Gasteiger partial charge in [-0.15, -0.1) is 0 Å². The molecule has 0 spiro atoms. The molecule has 1 aromatic rings. The minimum Gasteiger partial charge on any atom is -0.381 e. The lowest BCUT2D eigenvalue weighted by Crippen LogP contribution is -2.28. The van der Waals surface area contributed by atoms with Crippen molar-refractivity contribution in [2.24, 2.45) is 0 Å². The Morgan fingerprint density at radius 1 is 1.25 bits per heavy atom. The molecule has 1 N–H and O–H groups in total. The minimum absolute atomic E-state index is 0.425. The molecule has 0 saturated carbocycles. The number of rotatable bonds is 6. The maximum absolute atomic E-state index is 5.45. The molecule has 2 unspecified atom stereocenters. The number of aryl methyl sites for hydroxylation is 1. The topological polar surface area (TPSA) is 21.3 Å². The Hall–Kier alpha value is -0.510. The van der Waals surface area contributed by atoms with E-state index >= 15 is 0 Å². The molecule has 0 aromatic heterocycles. The zero-order valence-electron chi connectivity index (χ0n) is 12.9. The molecule has 1 heterocycles. The van der Waals surface area contributed by atoms with E-state index in [0.29, 0.717) is 11.3 Å². The summed E-state index contributed by atoms with van der Waals surface area (Å²) in [5, 5.41) is 4.83. The van der Waals surface area contributed by atoms with E-state index in [2.05, 4.69) is 62.2 Å². The van der Waals surface area contributed by atoms with Gasteiger partial charge in [0.2, 0.25) is 0 Å². The molecule has 0 amide bonds. The highest BCUT2D eigenvalue weighted by atomic mass is 32.2. The van der Waals surface area contributed by atoms with Crippen molar-refractivity contribution in [1.82, 2.24) is 5.32 Å². The fourth-order valence-corrected chi connectivity index (χ4v) is 4.35. The van der Waals surface area contributed by atoms with Gasteiger partial charge in [-0.25, -0.2) is 0 Å². The quantitative estimate of drug-likeness (QED) is 0.862. The molecule has 3 heteroatoms. The van der Waals surface area contributed by atoms with Crippen molar-refractivity contribution in [2.75, 3.05) is 20.3 Å². The first-order valence-corrected chi connectivity index (χ1v) is 8.68. The summed E-state index contributed by atoms with van der Waals surface area (Å²) in [5.74, 6) is 0. The fraction of sp³-hybridized carbons (Fsp3) is 0.647. The summed E-state index contributed by atoms with van der Waals surface area (Å²) in [6, 6.07) is 9.49. The molecule has 1 aliphatic rings. The lowest BCUT2D eigenvalue weighted by Gasteiger charge is -2.29. The summed E-state index contributed by atoms with van der Waals surface area (Å²) in [4.78, 5) is 0. The maximum Gasteiger partial charge on any atom is 0.0476 e. The minimum atomic E-state index is 0.425. The Morgan fingerprint density at radius 2 is 1.90 bits per heavy atom. The molecule has 0 bridgehead atoms. The fourth-order valence-electron chi connectivity index (χ4n) is 2.83. The normalized spacial score (nSPS) is 19.8. The van der Waals surface area contributed by atoms with Crippen molar-refractivity contribution in [2.45, 2.75) is 49.7 Å². The third-order valence-corrected chi connectivity index (χ3v) is 5.66. The van der Waals surface area contributed by atoms with Crippen LogP contribution in [0, 0.1) is 0 Å². The highest BCUT2D eigenvalue weighted by Crippen LogP contribution is 2.33. The van der Waals surface area contributed by atoms with Gasteiger partial charge in [0.15, 0.2) is 0 Å². The van der Waals surface area contributed by atoms with Crippen LogP contribution < -0.4 is 5.32 Å². The molecule has 1 aromatic carbocycles. The lowest BCUT2D eigenvalue weighted by atomic mass is 10.0. The molecule has 1 fully saturated rings. The SMILES string of the molecule is CCc1ccc(C(NC)C(C)SC2CCOCC2)cc1. The summed E-state index contributed by atoms with van der Waals surface area (Å²) in [5.41, 5.74) is 2.81. The van der Waals surface area contributed by atoms with Crippen LogP contribution in [0.4, 0.5) is 0 Å². The van der Waals surface area contributed by atoms with Crippen LogP contribution in [0.15, 0.2) is 24.3 Å². The summed E-state index contributed by atoms with van der Waals surface area (Å²) in [6.45, 7) is 6.41. The molecule has 2 rings (SSSR count). The van der Waals surface area contributed by atoms with Crippen LogP contribution in [0.25, 0.3) is 0 Å². The van der Waals surface area contributed by atoms with E-state index in [4.69, 9.17) is 4.74 Å². The van der Waals surface area contributed by atoms with Crippen molar-refractivity contribution in [1.29, 1.82) is 0 Å². The average molecular weight is 293 g/mol. The van der Waals surface area contributed by atoms with Gasteiger partial charge < -0.3 is 10.1 Å². The molecule has 1 aliphatic heterocycles. The molecular formula is C17H27NOS. The summed E-state index contributed by atoms with van der Waals surface area (Å²) in [7, 11) is 2.07. The van der Waals surface area contributed by atoms with E-state index in [1.165, 1.54) is 24.0 Å². The van der Waals surface area contributed by atoms with E-state index in [0.717, 1.165) is 24.9 Å². The van der Waals surface area contributed by atoms with Gasteiger partial charge in [-0.1, -0.05) is 38.1 Å². The predicted molar refractivity (Wildman–Crippen MR) is 88.5 cm³/mol. The Morgan fingerprint density at radius 3 is 2.45 bits per heavy atom. The monoisotopic (exact) mass is 293 g/mol. The van der Waals surface area contributed by atoms with Crippen LogP contribution in [0.1, 0.15) is 43.9 Å². The summed E-state index contributed by atoms with van der Waals surface area (Å²) < 4.78 is 5.45. The molecule has 0 radical (unpaired) electrons. The number of thioether (sulfide) groups is 1. The van der Waals surface area contributed by atoms with Crippen LogP contribution in [0.5, 0.6) is 0 Å². The molecule has 2 atom stereocenters. The number of hydrogen-bond donors (Lipinski definition) is 1. The second kappa shape index (κ2) is 8.06. The van der Waals surface area contributed by atoms with Gasteiger partial charge in [0, 0.05) is 29.8 Å². The predicted octanol–water partition coefficient (Wildman–Crippen LogP) is 3.81. The molecule has 112 valence electrons. The van der Waals surface area contributed by atoms with Crippen LogP contribution in [-0.4, -0.2) is 30.8 Å². The average Bonchev–Trinajstić information content (AvgIpc) is 2.49. The number of benzene rings is 1. The highest BCUT2D eigenvalue weighted by molar-refractivity contribution is 8.00. The second-order valence-corrected chi connectivity index (χ2v) is 7.20. The van der Waals surface area contributed by atoms with Gasteiger partial charge in [0.25, 0.3) is 0 Å². The largest absolute Gasteiger partial charge is 0.381 e. The molecular weight excluding hydrogens is 266 g/mol. The van der Waals surface area contributed by atoms with Crippen molar-refractivity contribution in [3.63, 3.8) is 0 Å². The van der Waals surface area contributed by atoms with E-state index < -0.39 is 0 Å². The molecule has 2 nitrogen and oxygen atoms in total. The Labute approximate surface area is 127 Å². The van der Waals surface area contributed by atoms with E-state index in [1.807, 2.05) is 0 Å². The van der Waals surface area contributed by atoms with Crippen molar-refractivity contribution < 1.29 is 4.74 Å². The molecule has 1 saturated heterocycles. The standard InChI is InChI=1S/C17H27NOS/c1-4-14-5-7-15(8-6-14)17(18-3)13(2)20-16-9-11-19-12-10-16/h5-8,13,16-18H,4,9-12H2,1-3H3. The van der Waals surface area contributed by atoms with Gasteiger partial charge in [0.1, 0.15) is 0 Å². The molecule has 0 aliphatic carbocycles. The van der Waals surface area contributed by atoms with Crippen LogP contribution >= 0.6 is 11.8 Å².